The van der Waals surface area contributed by atoms with Gasteiger partial charge in [0.2, 0.25) is 5.91 Å². The van der Waals surface area contributed by atoms with Gasteiger partial charge in [0.1, 0.15) is 6.04 Å². The average Bonchev–Trinajstić information content (AvgIpc) is 1.88. The van der Waals surface area contributed by atoms with Crippen molar-refractivity contribution >= 4 is 17.7 Å². The summed E-state index contributed by atoms with van der Waals surface area (Å²) in [5.74, 6) is 0.341. The predicted octanol–water partition coefficient (Wildman–Crippen LogP) is 0.378. The molecule has 0 aromatic carbocycles. The van der Waals surface area contributed by atoms with Crippen molar-refractivity contribution in [2.75, 3.05) is 12.0 Å². The lowest BCUT2D eigenvalue weighted by atomic mass is 10.4. The number of carbonyl (C=O) groups is 1. The molecule has 0 aromatic rings. The van der Waals surface area contributed by atoms with Gasteiger partial charge in [-0.1, -0.05) is 0 Å². The van der Waals surface area contributed by atoms with Crippen LogP contribution in [0, 0.1) is 11.3 Å². The van der Waals surface area contributed by atoms with Crippen LogP contribution in [0.2, 0.25) is 0 Å². The minimum absolute atomic E-state index is 0.0819. The van der Waals surface area contributed by atoms with E-state index in [1.165, 1.54) is 11.8 Å². The lowest BCUT2D eigenvalue weighted by molar-refractivity contribution is -0.118. The van der Waals surface area contributed by atoms with Gasteiger partial charge >= 0.3 is 0 Å². The number of carbonyl (C=O) groups excluding carboxylic acids is 1. The molecule has 0 saturated carbocycles. The van der Waals surface area contributed by atoms with E-state index >= 15 is 0 Å². The highest BCUT2D eigenvalue weighted by atomic mass is 32.2. The van der Waals surface area contributed by atoms with Gasteiger partial charge < -0.3 is 5.32 Å². The molecule has 3 nitrogen and oxygen atoms in total. The second-order valence-electron chi connectivity index (χ2n) is 1.85. The maximum atomic E-state index is 10.7. The average molecular weight is 158 g/mol. The largest absolute Gasteiger partial charge is 0.340 e. The van der Waals surface area contributed by atoms with Crippen molar-refractivity contribution in [1.82, 2.24) is 5.32 Å². The van der Waals surface area contributed by atoms with Crippen LogP contribution in [0.15, 0.2) is 0 Å². The molecule has 1 N–H and O–H groups in total. The lowest BCUT2D eigenvalue weighted by Crippen LogP contribution is -2.32. The third kappa shape index (κ3) is 4.21. The molecule has 0 bridgehead atoms. The van der Waals surface area contributed by atoms with Crippen LogP contribution < -0.4 is 5.32 Å². The Kier molecular flexibility index (Phi) is 4.77. The first kappa shape index (κ1) is 9.31. The molecule has 0 aliphatic carbocycles. The standard InChI is InChI=1S/C6H10N2OS/c1-5(3-7)8-6(9)4-10-2/h5H,4H2,1-2H3,(H,8,9). The Morgan fingerprint density at radius 1 is 1.90 bits per heavy atom. The second kappa shape index (κ2) is 5.12. The summed E-state index contributed by atoms with van der Waals surface area (Å²) in [5, 5.41) is 10.8. The molecule has 0 aliphatic heterocycles. The number of hydrogen-bond acceptors (Lipinski definition) is 3. The maximum Gasteiger partial charge on any atom is 0.231 e. The van der Waals surface area contributed by atoms with Crippen LogP contribution in [0.5, 0.6) is 0 Å². The number of nitrogens with zero attached hydrogens (tertiary/aromatic N) is 1. The van der Waals surface area contributed by atoms with Gasteiger partial charge in [0, 0.05) is 0 Å². The Hall–Kier alpha value is -0.690. The van der Waals surface area contributed by atoms with E-state index in [0.29, 0.717) is 5.75 Å². The molecule has 1 unspecified atom stereocenters. The van der Waals surface area contributed by atoms with Crippen molar-refractivity contribution in [3.8, 4) is 6.07 Å². The maximum absolute atomic E-state index is 10.7. The van der Waals surface area contributed by atoms with E-state index in [9.17, 15) is 4.79 Å². The third-order valence-corrected chi connectivity index (χ3v) is 1.40. The fourth-order valence-corrected chi connectivity index (χ4v) is 0.792. The van der Waals surface area contributed by atoms with Gasteiger partial charge in [-0.3, -0.25) is 4.79 Å². The van der Waals surface area contributed by atoms with E-state index < -0.39 is 0 Å². The number of nitriles is 1. The van der Waals surface area contributed by atoms with Crippen LogP contribution in [0.1, 0.15) is 6.92 Å². The first-order chi connectivity index (χ1) is 4.70. The van der Waals surface area contributed by atoms with E-state index in [-0.39, 0.29) is 11.9 Å². The molecule has 1 atom stereocenters. The highest BCUT2D eigenvalue weighted by molar-refractivity contribution is 7.99. The summed E-state index contributed by atoms with van der Waals surface area (Å²) in [4.78, 5) is 10.7. The quantitative estimate of drug-likeness (QED) is 0.646. The van der Waals surface area contributed by atoms with E-state index in [1.54, 1.807) is 6.92 Å². The predicted molar refractivity (Wildman–Crippen MR) is 41.6 cm³/mol. The number of rotatable bonds is 3. The molecule has 56 valence electrons. The van der Waals surface area contributed by atoms with E-state index in [2.05, 4.69) is 5.32 Å². The molecule has 0 aromatic heterocycles. The van der Waals surface area contributed by atoms with Gasteiger partial charge in [0.25, 0.3) is 0 Å². The zero-order valence-electron chi connectivity index (χ0n) is 6.05. The number of thioether (sulfide) groups is 1. The highest BCUT2D eigenvalue weighted by Crippen LogP contribution is 1.89. The molecule has 1 amide bonds. The normalized spacial score (nSPS) is 11.7. The van der Waals surface area contributed by atoms with Gasteiger partial charge in [0.15, 0.2) is 0 Å². The van der Waals surface area contributed by atoms with Crippen LogP contribution in [0.4, 0.5) is 0 Å². The molecular weight excluding hydrogens is 148 g/mol. The van der Waals surface area contributed by atoms with Crippen LogP contribution in [0.25, 0.3) is 0 Å². The minimum Gasteiger partial charge on any atom is -0.340 e. The van der Waals surface area contributed by atoms with Crippen molar-refractivity contribution in [2.24, 2.45) is 0 Å². The molecule has 0 rings (SSSR count). The molecule has 0 aliphatic rings. The smallest absolute Gasteiger partial charge is 0.231 e. The van der Waals surface area contributed by atoms with Crippen molar-refractivity contribution in [3.05, 3.63) is 0 Å². The SMILES string of the molecule is CSCC(=O)NC(C)C#N. The summed E-state index contributed by atoms with van der Waals surface area (Å²) < 4.78 is 0. The lowest BCUT2D eigenvalue weighted by Gasteiger charge is -2.03. The first-order valence-electron chi connectivity index (χ1n) is 2.88. The topological polar surface area (TPSA) is 52.9 Å². The summed E-state index contributed by atoms with van der Waals surface area (Å²) in [7, 11) is 0. The van der Waals surface area contributed by atoms with Crippen molar-refractivity contribution in [1.29, 1.82) is 5.26 Å². The molecule has 0 spiro atoms. The Morgan fingerprint density at radius 2 is 2.50 bits per heavy atom. The molecule has 0 heterocycles. The van der Waals surface area contributed by atoms with Crippen LogP contribution in [-0.4, -0.2) is 24.0 Å². The summed E-state index contributed by atoms with van der Waals surface area (Å²) in [6, 6.07) is 1.54. The fraction of sp³-hybridized carbons (Fsp3) is 0.667. The monoisotopic (exact) mass is 158 g/mol. The summed E-state index contributed by atoms with van der Waals surface area (Å²) in [6.45, 7) is 1.65. The minimum atomic E-state index is -0.375. The molecule has 10 heavy (non-hydrogen) atoms. The summed E-state index contributed by atoms with van der Waals surface area (Å²) in [5.41, 5.74) is 0. The third-order valence-electron chi connectivity index (χ3n) is 0.847. The Balaban J connectivity index is 3.49. The van der Waals surface area contributed by atoms with Gasteiger partial charge in [-0.15, -0.1) is 0 Å². The number of amides is 1. The van der Waals surface area contributed by atoms with Gasteiger partial charge in [-0.25, -0.2) is 0 Å². The second-order valence-corrected chi connectivity index (χ2v) is 2.72. The van der Waals surface area contributed by atoms with E-state index in [0.717, 1.165) is 0 Å². The van der Waals surface area contributed by atoms with Crippen molar-refractivity contribution < 1.29 is 4.79 Å². The molecule has 4 heteroatoms. The van der Waals surface area contributed by atoms with Crippen LogP contribution in [-0.2, 0) is 4.79 Å². The Morgan fingerprint density at radius 3 is 2.90 bits per heavy atom. The van der Waals surface area contributed by atoms with Crippen LogP contribution >= 0.6 is 11.8 Å². The van der Waals surface area contributed by atoms with Crippen molar-refractivity contribution in [2.45, 2.75) is 13.0 Å². The fourth-order valence-electron chi connectivity index (χ4n) is 0.447. The highest BCUT2D eigenvalue weighted by Gasteiger charge is 2.03. The first-order valence-corrected chi connectivity index (χ1v) is 4.28. The molecule has 0 fully saturated rings. The van der Waals surface area contributed by atoms with Gasteiger partial charge in [-0.05, 0) is 13.2 Å². The molecule has 0 radical (unpaired) electrons. The Bertz CT molecular complexity index is 152. The number of hydrogen-bond donors (Lipinski definition) is 1. The van der Waals surface area contributed by atoms with E-state index in [1.807, 2.05) is 12.3 Å². The van der Waals surface area contributed by atoms with E-state index in [4.69, 9.17) is 5.26 Å². The summed E-state index contributed by atoms with van der Waals surface area (Å²) >= 11 is 1.44. The van der Waals surface area contributed by atoms with Crippen molar-refractivity contribution in [3.63, 3.8) is 0 Å². The molecular formula is C6H10N2OS. The van der Waals surface area contributed by atoms with Gasteiger partial charge in [0.05, 0.1) is 11.8 Å². The number of nitrogens with one attached hydrogen (secondary N) is 1. The molecule has 0 saturated heterocycles. The van der Waals surface area contributed by atoms with Gasteiger partial charge in [-0.2, -0.15) is 17.0 Å². The zero-order chi connectivity index (χ0) is 7.98. The Labute approximate surface area is 64.8 Å². The zero-order valence-corrected chi connectivity index (χ0v) is 6.86. The van der Waals surface area contributed by atoms with Crippen LogP contribution in [0.3, 0.4) is 0 Å². The summed E-state index contributed by atoms with van der Waals surface area (Å²) in [6.07, 6.45) is 1.84.